The zero-order chi connectivity index (χ0) is 15.2. The van der Waals surface area contributed by atoms with Gasteiger partial charge in [-0.25, -0.2) is 4.39 Å². The van der Waals surface area contributed by atoms with Gasteiger partial charge in [0.05, 0.1) is 7.11 Å². The topological polar surface area (TPSA) is 38.3 Å². The summed E-state index contributed by atoms with van der Waals surface area (Å²) in [6, 6.07) is 11.9. The van der Waals surface area contributed by atoms with Crippen LogP contribution in [0.1, 0.15) is 17.5 Å². The summed E-state index contributed by atoms with van der Waals surface area (Å²) >= 11 is 0. The fourth-order valence-corrected chi connectivity index (χ4v) is 1.99. The third-order valence-electron chi connectivity index (χ3n) is 3.27. The lowest BCUT2D eigenvalue weighted by Gasteiger charge is -2.08. The molecule has 0 saturated carbocycles. The normalized spacial score (nSPS) is 10.2. The van der Waals surface area contributed by atoms with Gasteiger partial charge in [0.2, 0.25) is 5.91 Å². The minimum absolute atomic E-state index is 0.125. The number of rotatable bonds is 5. The molecule has 0 spiro atoms. The number of amides is 1. The number of halogens is 1. The summed E-state index contributed by atoms with van der Waals surface area (Å²) < 4.78 is 18.2. The number of anilines is 1. The highest BCUT2D eigenvalue weighted by molar-refractivity contribution is 5.91. The van der Waals surface area contributed by atoms with E-state index in [0.29, 0.717) is 18.5 Å². The first-order valence-electron chi connectivity index (χ1n) is 6.77. The Morgan fingerprint density at radius 1 is 1.19 bits per heavy atom. The van der Waals surface area contributed by atoms with E-state index in [9.17, 15) is 9.18 Å². The van der Waals surface area contributed by atoms with Crippen molar-refractivity contribution in [3.8, 4) is 5.75 Å². The Kier molecular flexibility index (Phi) is 4.93. The van der Waals surface area contributed by atoms with Gasteiger partial charge < -0.3 is 10.1 Å². The van der Waals surface area contributed by atoms with Crippen molar-refractivity contribution in [3.63, 3.8) is 0 Å². The van der Waals surface area contributed by atoms with E-state index in [1.165, 1.54) is 12.1 Å². The number of benzene rings is 2. The lowest BCUT2D eigenvalue weighted by Crippen LogP contribution is -2.13. The molecule has 0 radical (unpaired) electrons. The molecule has 1 amide bonds. The fourth-order valence-electron chi connectivity index (χ4n) is 1.99. The Morgan fingerprint density at radius 2 is 1.90 bits per heavy atom. The van der Waals surface area contributed by atoms with Crippen LogP contribution in [0.5, 0.6) is 5.75 Å². The molecule has 0 aliphatic carbocycles. The second-order valence-corrected chi connectivity index (χ2v) is 4.86. The first-order chi connectivity index (χ1) is 10.1. The molecule has 3 nitrogen and oxygen atoms in total. The molecule has 4 heteroatoms. The van der Waals surface area contributed by atoms with Crippen LogP contribution in [-0.4, -0.2) is 13.0 Å². The standard InChI is InChI=1S/C17H18FNO2/c1-12-3-7-14(18)11-16(12)19-17(20)10-6-13-4-8-15(21-2)9-5-13/h3-5,7-9,11H,6,10H2,1-2H3,(H,19,20). The van der Waals surface area contributed by atoms with Crippen LogP contribution in [0.15, 0.2) is 42.5 Å². The summed E-state index contributed by atoms with van der Waals surface area (Å²) in [7, 11) is 1.61. The molecule has 21 heavy (non-hydrogen) atoms. The Labute approximate surface area is 123 Å². The van der Waals surface area contributed by atoms with E-state index < -0.39 is 0 Å². The van der Waals surface area contributed by atoms with Gasteiger partial charge in [0, 0.05) is 12.1 Å². The van der Waals surface area contributed by atoms with Crippen molar-refractivity contribution >= 4 is 11.6 Å². The minimum atomic E-state index is -0.356. The molecular weight excluding hydrogens is 269 g/mol. The number of carbonyl (C=O) groups is 1. The molecule has 0 unspecified atom stereocenters. The number of hydrogen-bond donors (Lipinski definition) is 1. The molecule has 0 aliphatic rings. The van der Waals surface area contributed by atoms with E-state index in [1.807, 2.05) is 31.2 Å². The number of carbonyl (C=O) groups excluding carboxylic acids is 1. The fraction of sp³-hybridized carbons (Fsp3) is 0.235. The van der Waals surface area contributed by atoms with Gasteiger partial charge in [0.1, 0.15) is 11.6 Å². The number of hydrogen-bond acceptors (Lipinski definition) is 2. The molecule has 0 aliphatic heterocycles. The van der Waals surface area contributed by atoms with Gasteiger partial charge in [-0.1, -0.05) is 18.2 Å². The van der Waals surface area contributed by atoms with Crippen molar-refractivity contribution in [1.29, 1.82) is 0 Å². The second-order valence-electron chi connectivity index (χ2n) is 4.86. The zero-order valence-corrected chi connectivity index (χ0v) is 12.2. The van der Waals surface area contributed by atoms with E-state index in [1.54, 1.807) is 13.2 Å². The molecule has 0 aromatic heterocycles. The molecule has 2 rings (SSSR count). The van der Waals surface area contributed by atoms with Crippen molar-refractivity contribution in [2.75, 3.05) is 12.4 Å². The van der Waals surface area contributed by atoms with Crippen molar-refractivity contribution in [1.82, 2.24) is 0 Å². The maximum absolute atomic E-state index is 13.2. The van der Waals surface area contributed by atoms with E-state index in [-0.39, 0.29) is 11.7 Å². The summed E-state index contributed by atoms with van der Waals surface area (Å²) in [5.41, 5.74) is 2.42. The van der Waals surface area contributed by atoms with Gasteiger partial charge in [-0.15, -0.1) is 0 Å². The van der Waals surface area contributed by atoms with Crippen molar-refractivity contribution in [2.45, 2.75) is 19.8 Å². The minimum Gasteiger partial charge on any atom is -0.497 e. The Bertz CT molecular complexity index is 623. The molecule has 0 atom stereocenters. The van der Waals surface area contributed by atoms with Crippen molar-refractivity contribution < 1.29 is 13.9 Å². The van der Waals surface area contributed by atoms with E-state index in [0.717, 1.165) is 16.9 Å². The smallest absolute Gasteiger partial charge is 0.224 e. The third kappa shape index (κ3) is 4.31. The average molecular weight is 287 g/mol. The molecule has 2 aromatic rings. The number of ether oxygens (including phenoxy) is 1. The first kappa shape index (κ1) is 15.0. The molecule has 110 valence electrons. The van der Waals surface area contributed by atoms with Gasteiger partial charge in [-0.2, -0.15) is 0 Å². The summed E-state index contributed by atoms with van der Waals surface area (Å²) in [5, 5.41) is 2.74. The highest BCUT2D eigenvalue weighted by Gasteiger charge is 2.06. The molecule has 1 N–H and O–H groups in total. The number of aryl methyl sites for hydroxylation is 2. The van der Waals surface area contributed by atoms with Crippen LogP contribution in [-0.2, 0) is 11.2 Å². The van der Waals surface area contributed by atoms with Crippen LogP contribution in [0.4, 0.5) is 10.1 Å². The SMILES string of the molecule is COc1ccc(CCC(=O)Nc2cc(F)ccc2C)cc1. The quantitative estimate of drug-likeness (QED) is 0.910. The van der Waals surface area contributed by atoms with Gasteiger partial charge in [0.25, 0.3) is 0 Å². The maximum atomic E-state index is 13.2. The molecule has 2 aromatic carbocycles. The number of methoxy groups -OCH3 is 1. The van der Waals surface area contributed by atoms with E-state index >= 15 is 0 Å². The largest absolute Gasteiger partial charge is 0.497 e. The summed E-state index contributed by atoms with van der Waals surface area (Å²) in [6.07, 6.45) is 0.979. The van der Waals surface area contributed by atoms with Crippen LogP contribution in [0, 0.1) is 12.7 Å². The summed E-state index contributed by atoms with van der Waals surface area (Å²) in [6.45, 7) is 1.83. The molecule has 0 saturated heterocycles. The van der Waals surface area contributed by atoms with E-state index in [4.69, 9.17) is 4.74 Å². The van der Waals surface area contributed by atoms with Gasteiger partial charge in [0.15, 0.2) is 0 Å². The highest BCUT2D eigenvalue weighted by Crippen LogP contribution is 2.17. The third-order valence-corrected chi connectivity index (χ3v) is 3.27. The lowest BCUT2D eigenvalue weighted by molar-refractivity contribution is -0.116. The summed E-state index contributed by atoms with van der Waals surface area (Å²) in [4.78, 5) is 11.9. The predicted octanol–water partition coefficient (Wildman–Crippen LogP) is 3.71. The van der Waals surface area contributed by atoms with E-state index in [2.05, 4.69) is 5.32 Å². The Hall–Kier alpha value is -2.36. The number of nitrogens with one attached hydrogen (secondary N) is 1. The second kappa shape index (κ2) is 6.88. The maximum Gasteiger partial charge on any atom is 0.224 e. The molecule has 0 heterocycles. The van der Waals surface area contributed by atoms with Crippen LogP contribution in [0.2, 0.25) is 0 Å². The molecule has 0 fully saturated rings. The van der Waals surface area contributed by atoms with Crippen LogP contribution >= 0.6 is 0 Å². The van der Waals surface area contributed by atoms with Crippen molar-refractivity contribution in [3.05, 3.63) is 59.4 Å². The monoisotopic (exact) mass is 287 g/mol. The van der Waals surface area contributed by atoms with Crippen LogP contribution in [0.3, 0.4) is 0 Å². The van der Waals surface area contributed by atoms with Gasteiger partial charge in [-0.3, -0.25) is 4.79 Å². The molecule has 0 bridgehead atoms. The zero-order valence-electron chi connectivity index (χ0n) is 12.2. The summed E-state index contributed by atoms with van der Waals surface area (Å²) in [5.74, 6) is 0.309. The average Bonchev–Trinajstić information content (AvgIpc) is 2.49. The van der Waals surface area contributed by atoms with Gasteiger partial charge in [-0.05, 0) is 48.7 Å². The first-order valence-corrected chi connectivity index (χ1v) is 6.77. The van der Waals surface area contributed by atoms with Crippen LogP contribution < -0.4 is 10.1 Å². The van der Waals surface area contributed by atoms with Gasteiger partial charge >= 0.3 is 0 Å². The molecular formula is C17H18FNO2. The van der Waals surface area contributed by atoms with Crippen LogP contribution in [0.25, 0.3) is 0 Å². The Morgan fingerprint density at radius 3 is 2.57 bits per heavy atom. The van der Waals surface area contributed by atoms with Crippen molar-refractivity contribution in [2.24, 2.45) is 0 Å². The lowest BCUT2D eigenvalue weighted by atomic mass is 10.1. The Balaban J connectivity index is 1.91. The predicted molar refractivity (Wildman–Crippen MR) is 81.1 cm³/mol. The highest BCUT2D eigenvalue weighted by atomic mass is 19.1.